The van der Waals surface area contributed by atoms with Crippen molar-refractivity contribution in [1.82, 2.24) is 4.90 Å². The predicted molar refractivity (Wildman–Crippen MR) is 129 cm³/mol. The van der Waals surface area contributed by atoms with Crippen LogP contribution in [-0.2, 0) is 24.5 Å². The Morgan fingerprint density at radius 2 is 2.00 bits per heavy atom. The topological polar surface area (TPSA) is 77.1 Å². The number of rotatable bonds is 5. The summed E-state index contributed by atoms with van der Waals surface area (Å²) >= 11 is 0. The first-order chi connectivity index (χ1) is 16.3. The van der Waals surface area contributed by atoms with Crippen LogP contribution in [0.2, 0.25) is 0 Å². The third-order valence-electron chi connectivity index (χ3n) is 8.42. The standard InChI is InChI=1S/C27H34N2O5/c1-16(2)13-22(30)34-17(3)26-9-6-11-29-12-10-27(25(26)29)20-8-7-18(32-4)14-21(20)28-23(27)19(15-26)24(31)33-5/h7-8,13-14,17,25,28H,6,9-12,15H2,1-5H3/t17-,25-,26-,27-/m1/s1. The molecule has 2 fully saturated rings. The van der Waals surface area contributed by atoms with Crippen LogP contribution in [0.1, 0.15) is 52.0 Å². The van der Waals surface area contributed by atoms with E-state index in [4.69, 9.17) is 14.2 Å². The fourth-order valence-corrected chi connectivity index (χ4v) is 7.18. The molecule has 5 rings (SSSR count). The summed E-state index contributed by atoms with van der Waals surface area (Å²) in [6.07, 6.45) is 4.49. The molecule has 4 aliphatic rings. The van der Waals surface area contributed by atoms with E-state index in [1.54, 1.807) is 13.2 Å². The van der Waals surface area contributed by atoms with Crippen LogP contribution in [0, 0.1) is 5.41 Å². The molecule has 0 unspecified atom stereocenters. The van der Waals surface area contributed by atoms with Crippen LogP contribution >= 0.6 is 0 Å². The van der Waals surface area contributed by atoms with Crippen molar-refractivity contribution >= 4 is 17.6 Å². The normalized spacial score (nSPS) is 29.9. The molecule has 2 saturated heterocycles. The number of allylic oxidation sites excluding steroid dienone is 1. The molecule has 1 spiro atoms. The Bertz CT molecular complexity index is 1100. The Balaban J connectivity index is 1.69. The molecule has 7 heteroatoms. The van der Waals surface area contributed by atoms with Gasteiger partial charge in [-0.25, -0.2) is 9.59 Å². The Hall–Kier alpha value is -2.80. The molecule has 0 amide bonds. The molecule has 1 aromatic rings. The average molecular weight is 467 g/mol. The number of nitrogens with zero attached hydrogens (tertiary/aromatic N) is 1. The van der Waals surface area contributed by atoms with Gasteiger partial charge in [-0.3, -0.25) is 4.90 Å². The van der Waals surface area contributed by atoms with Crippen molar-refractivity contribution in [3.63, 3.8) is 0 Å². The smallest absolute Gasteiger partial charge is 0.335 e. The van der Waals surface area contributed by atoms with E-state index in [9.17, 15) is 9.59 Å². The van der Waals surface area contributed by atoms with E-state index in [0.29, 0.717) is 12.0 Å². The first kappa shape index (κ1) is 23.0. The molecule has 0 aromatic heterocycles. The van der Waals surface area contributed by atoms with Crippen molar-refractivity contribution < 1.29 is 23.8 Å². The Labute approximate surface area is 201 Å². The van der Waals surface area contributed by atoms with Crippen LogP contribution in [0.15, 0.2) is 41.1 Å². The summed E-state index contributed by atoms with van der Waals surface area (Å²) in [5, 5.41) is 3.61. The zero-order chi connectivity index (χ0) is 24.3. The number of esters is 2. The second-order valence-corrected chi connectivity index (χ2v) is 10.4. The molecule has 1 N–H and O–H groups in total. The van der Waals surface area contributed by atoms with E-state index in [1.165, 1.54) is 12.7 Å². The Kier molecular flexibility index (Phi) is 5.51. The molecule has 3 aliphatic heterocycles. The van der Waals surface area contributed by atoms with E-state index in [0.717, 1.165) is 55.1 Å². The van der Waals surface area contributed by atoms with Crippen molar-refractivity contribution in [1.29, 1.82) is 0 Å². The fourth-order valence-electron chi connectivity index (χ4n) is 7.18. The first-order valence-electron chi connectivity index (χ1n) is 12.1. The van der Waals surface area contributed by atoms with Gasteiger partial charge in [0.25, 0.3) is 0 Å². The lowest BCUT2D eigenvalue weighted by molar-refractivity contribution is -0.158. The number of nitrogens with one attached hydrogen (secondary N) is 1. The number of benzene rings is 1. The minimum absolute atomic E-state index is 0.119. The highest BCUT2D eigenvalue weighted by Crippen LogP contribution is 2.65. The second-order valence-electron chi connectivity index (χ2n) is 10.4. The summed E-state index contributed by atoms with van der Waals surface area (Å²) in [5.74, 6) is 0.136. The number of hydrogen-bond acceptors (Lipinski definition) is 7. The van der Waals surface area contributed by atoms with Crippen molar-refractivity contribution in [3.05, 3.63) is 46.7 Å². The van der Waals surface area contributed by atoms with Crippen molar-refractivity contribution in [2.24, 2.45) is 5.41 Å². The zero-order valence-corrected chi connectivity index (χ0v) is 20.7. The molecule has 3 heterocycles. The highest BCUT2D eigenvalue weighted by molar-refractivity contribution is 5.93. The minimum Gasteiger partial charge on any atom is -0.497 e. The van der Waals surface area contributed by atoms with Gasteiger partial charge < -0.3 is 19.5 Å². The second kappa shape index (κ2) is 8.15. The van der Waals surface area contributed by atoms with Gasteiger partial charge >= 0.3 is 11.9 Å². The maximum atomic E-state index is 13.2. The highest BCUT2D eigenvalue weighted by atomic mass is 16.5. The molecular formula is C27H34N2O5. The molecule has 1 aromatic carbocycles. The number of methoxy groups -OCH3 is 2. The Morgan fingerprint density at radius 1 is 1.21 bits per heavy atom. The van der Waals surface area contributed by atoms with E-state index < -0.39 is 5.41 Å². The van der Waals surface area contributed by atoms with Crippen molar-refractivity contribution in [2.45, 2.75) is 64.0 Å². The van der Waals surface area contributed by atoms with Gasteiger partial charge in [-0.1, -0.05) is 11.6 Å². The lowest BCUT2D eigenvalue weighted by Gasteiger charge is -2.57. The van der Waals surface area contributed by atoms with Crippen LogP contribution in [0.25, 0.3) is 0 Å². The van der Waals surface area contributed by atoms with Crippen LogP contribution < -0.4 is 10.1 Å². The highest BCUT2D eigenvalue weighted by Gasteiger charge is 2.68. The zero-order valence-electron chi connectivity index (χ0n) is 20.7. The number of ether oxygens (including phenoxy) is 3. The Morgan fingerprint density at radius 3 is 2.71 bits per heavy atom. The van der Waals surface area contributed by atoms with Gasteiger partial charge in [-0.05, 0) is 71.2 Å². The average Bonchev–Trinajstić information content (AvgIpc) is 3.37. The van der Waals surface area contributed by atoms with Gasteiger partial charge in [0, 0.05) is 35.0 Å². The summed E-state index contributed by atoms with van der Waals surface area (Å²) in [6.45, 7) is 7.72. The summed E-state index contributed by atoms with van der Waals surface area (Å²) in [4.78, 5) is 28.4. The summed E-state index contributed by atoms with van der Waals surface area (Å²) in [5.41, 5.74) is 3.93. The number of carbonyl (C=O) groups is 2. The molecule has 0 saturated carbocycles. The van der Waals surface area contributed by atoms with Gasteiger partial charge in [-0.2, -0.15) is 0 Å². The van der Waals surface area contributed by atoms with E-state index >= 15 is 0 Å². The van der Waals surface area contributed by atoms with E-state index in [1.807, 2.05) is 32.9 Å². The largest absolute Gasteiger partial charge is 0.497 e. The number of carbonyl (C=O) groups excluding carboxylic acids is 2. The van der Waals surface area contributed by atoms with Crippen LogP contribution in [-0.4, -0.2) is 56.3 Å². The number of fused-ring (bicyclic) bond motifs is 1. The quantitative estimate of drug-likeness (QED) is 0.520. The van der Waals surface area contributed by atoms with Gasteiger partial charge in [0.1, 0.15) is 11.9 Å². The van der Waals surface area contributed by atoms with E-state index in [2.05, 4.69) is 16.3 Å². The third kappa shape index (κ3) is 3.13. The van der Waals surface area contributed by atoms with Gasteiger partial charge in [0.15, 0.2) is 0 Å². The molecule has 182 valence electrons. The maximum absolute atomic E-state index is 13.2. The lowest BCUT2D eigenvalue weighted by atomic mass is 9.53. The molecular weight excluding hydrogens is 432 g/mol. The van der Waals surface area contributed by atoms with Crippen molar-refractivity contribution in [3.8, 4) is 5.75 Å². The maximum Gasteiger partial charge on any atom is 0.335 e. The monoisotopic (exact) mass is 466 g/mol. The summed E-state index contributed by atoms with van der Waals surface area (Å²) < 4.78 is 16.8. The van der Waals surface area contributed by atoms with Crippen LogP contribution in [0.5, 0.6) is 5.75 Å². The number of hydrogen-bond donors (Lipinski definition) is 1. The molecule has 4 atom stereocenters. The SMILES string of the molecule is COC(=O)C1=C2Nc3cc(OC)ccc3[C@]23CCN2CCC[C@]([C@@H](C)OC(=O)C=C(C)C)(C1)[C@@H]23. The molecule has 0 radical (unpaired) electrons. The van der Waals surface area contributed by atoms with Gasteiger partial charge in [0.05, 0.1) is 25.2 Å². The molecule has 1 aliphatic carbocycles. The van der Waals surface area contributed by atoms with Gasteiger partial charge in [0.2, 0.25) is 0 Å². The predicted octanol–water partition coefficient (Wildman–Crippen LogP) is 3.94. The molecule has 7 nitrogen and oxygen atoms in total. The van der Waals surface area contributed by atoms with Crippen LogP contribution in [0.3, 0.4) is 0 Å². The number of anilines is 1. The minimum atomic E-state index is -0.393. The molecule has 0 bridgehead atoms. The van der Waals surface area contributed by atoms with Crippen molar-refractivity contribution in [2.75, 3.05) is 32.6 Å². The lowest BCUT2D eigenvalue weighted by Crippen LogP contribution is -2.64. The fraction of sp³-hybridized carbons (Fsp3) is 0.556. The first-order valence-corrected chi connectivity index (χ1v) is 12.1. The van der Waals surface area contributed by atoms with Gasteiger partial charge in [-0.15, -0.1) is 0 Å². The number of piperidine rings is 1. The summed E-state index contributed by atoms with van der Waals surface area (Å²) in [6, 6.07) is 6.26. The van der Waals surface area contributed by atoms with E-state index in [-0.39, 0.29) is 29.5 Å². The van der Waals surface area contributed by atoms with Crippen LogP contribution in [0.4, 0.5) is 5.69 Å². The summed E-state index contributed by atoms with van der Waals surface area (Å²) in [7, 11) is 3.10. The third-order valence-corrected chi connectivity index (χ3v) is 8.42. The molecule has 34 heavy (non-hydrogen) atoms.